The van der Waals surface area contributed by atoms with Crippen LogP contribution in [0.5, 0.6) is 0 Å². The molecule has 72 valence electrons. The van der Waals surface area contributed by atoms with Crippen LogP contribution in [0.2, 0.25) is 0 Å². The van der Waals surface area contributed by atoms with Gasteiger partial charge in [0, 0.05) is 0 Å². The highest BCUT2D eigenvalue weighted by atomic mass is 35.5. The van der Waals surface area contributed by atoms with Crippen LogP contribution in [0.3, 0.4) is 0 Å². The van der Waals surface area contributed by atoms with E-state index in [1.165, 1.54) is 0 Å². The molecular weight excluding hydrogens is 176 g/mol. The molecule has 2 nitrogen and oxygen atoms in total. The summed E-state index contributed by atoms with van der Waals surface area (Å²) in [5.74, 6) is 0.389. The van der Waals surface area contributed by atoms with Gasteiger partial charge in [-0.05, 0) is 11.8 Å². The van der Waals surface area contributed by atoms with Crippen molar-refractivity contribution in [3.63, 3.8) is 0 Å². The average molecular weight is 193 g/mol. The number of esters is 1. The van der Waals surface area contributed by atoms with Gasteiger partial charge in [-0.25, -0.2) is 0 Å². The predicted octanol–water partition coefficient (Wildman–Crippen LogP) is 2.65. The number of ether oxygens (including phenoxy) is 1. The van der Waals surface area contributed by atoms with Crippen LogP contribution in [-0.4, -0.2) is 12.0 Å². The summed E-state index contributed by atoms with van der Waals surface area (Å²) in [6.45, 7) is 8.06. The monoisotopic (exact) mass is 192 g/mol. The van der Waals surface area contributed by atoms with Crippen molar-refractivity contribution in [2.24, 2.45) is 17.8 Å². The number of alkyl halides is 1. The lowest BCUT2D eigenvalue weighted by molar-refractivity contribution is -0.149. The molecule has 0 aromatic heterocycles. The lowest BCUT2D eigenvalue weighted by Gasteiger charge is -2.21. The fraction of sp³-hybridized carbons (Fsp3) is 0.889. The first-order valence-electron chi connectivity index (χ1n) is 4.23. The minimum Gasteiger partial charge on any atom is -0.449 e. The zero-order valence-corrected chi connectivity index (χ0v) is 8.89. The summed E-state index contributed by atoms with van der Waals surface area (Å²) in [4.78, 5) is 11.3. The second-order valence-corrected chi connectivity index (χ2v) is 3.80. The molecule has 0 spiro atoms. The van der Waals surface area contributed by atoms with Crippen molar-refractivity contribution in [1.29, 1.82) is 0 Å². The molecule has 0 saturated heterocycles. The maximum Gasteiger partial charge on any atom is 0.310 e. The van der Waals surface area contributed by atoms with Crippen LogP contribution < -0.4 is 0 Å². The molecular formula is C9H17ClO2. The normalized spacial score (nSPS) is 11.3. The quantitative estimate of drug-likeness (QED) is 0.506. The highest BCUT2D eigenvalue weighted by molar-refractivity contribution is 6.17. The van der Waals surface area contributed by atoms with Crippen LogP contribution >= 0.6 is 11.6 Å². The van der Waals surface area contributed by atoms with E-state index in [-0.39, 0.29) is 18.0 Å². The Kier molecular flexibility index (Phi) is 5.31. The Hall–Kier alpha value is -0.240. The van der Waals surface area contributed by atoms with E-state index in [0.717, 1.165) is 0 Å². The number of carbonyl (C=O) groups is 1. The molecule has 0 amide bonds. The van der Waals surface area contributed by atoms with Gasteiger partial charge in [0.25, 0.3) is 0 Å². The van der Waals surface area contributed by atoms with Crippen molar-refractivity contribution in [2.75, 3.05) is 6.07 Å². The van der Waals surface area contributed by atoms with E-state index < -0.39 is 0 Å². The van der Waals surface area contributed by atoms with E-state index in [1.807, 2.05) is 27.7 Å². The summed E-state index contributed by atoms with van der Waals surface area (Å²) < 4.78 is 4.75. The Morgan fingerprint density at radius 2 is 1.67 bits per heavy atom. The number of halogens is 1. The molecule has 0 fully saturated rings. The van der Waals surface area contributed by atoms with Crippen molar-refractivity contribution in [2.45, 2.75) is 27.7 Å². The molecule has 3 heteroatoms. The Balaban J connectivity index is 4.20. The molecule has 0 N–H and O–H groups in total. The topological polar surface area (TPSA) is 26.3 Å². The van der Waals surface area contributed by atoms with E-state index in [1.54, 1.807) is 0 Å². The van der Waals surface area contributed by atoms with Gasteiger partial charge in [-0.1, -0.05) is 39.3 Å². The summed E-state index contributed by atoms with van der Waals surface area (Å²) in [6, 6.07) is -0.0469. The van der Waals surface area contributed by atoms with Gasteiger partial charge in [-0.3, -0.25) is 4.79 Å². The summed E-state index contributed by atoms with van der Waals surface area (Å²) in [5.41, 5.74) is 0. The molecule has 0 aliphatic rings. The van der Waals surface area contributed by atoms with E-state index in [2.05, 4.69) is 0 Å². The Morgan fingerprint density at radius 1 is 1.25 bits per heavy atom. The third-order valence-corrected chi connectivity index (χ3v) is 2.01. The number of carbonyl (C=O) groups excluding carboxylic acids is 1. The van der Waals surface area contributed by atoms with Gasteiger partial charge in [0.1, 0.15) is 0 Å². The maximum atomic E-state index is 11.3. The Bertz CT molecular complexity index is 135. The van der Waals surface area contributed by atoms with Gasteiger partial charge in [0.15, 0.2) is 6.07 Å². The summed E-state index contributed by atoms with van der Waals surface area (Å²) in [7, 11) is 0. The highest BCUT2D eigenvalue weighted by Gasteiger charge is 2.26. The second kappa shape index (κ2) is 5.41. The third kappa shape index (κ3) is 3.44. The second-order valence-electron chi connectivity index (χ2n) is 3.59. The molecule has 0 aliphatic carbocycles. The minimum absolute atomic E-state index is 0.0382. The zero-order chi connectivity index (χ0) is 9.72. The third-order valence-electron chi connectivity index (χ3n) is 1.91. The van der Waals surface area contributed by atoms with Crippen LogP contribution in [0.15, 0.2) is 0 Å². The van der Waals surface area contributed by atoms with Crippen molar-refractivity contribution >= 4 is 17.6 Å². The lowest BCUT2D eigenvalue weighted by atomic mass is 9.86. The molecule has 0 rings (SSSR count). The van der Waals surface area contributed by atoms with Gasteiger partial charge >= 0.3 is 5.97 Å². The van der Waals surface area contributed by atoms with E-state index in [4.69, 9.17) is 16.3 Å². The first kappa shape index (κ1) is 11.8. The Labute approximate surface area is 79.2 Å². The van der Waals surface area contributed by atoms with Crippen molar-refractivity contribution in [3.8, 4) is 0 Å². The molecule has 12 heavy (non-hydrogen) atoms. The molecule has 0 heterocycles. The standard InChI is InChI=1S/C9H17ClO2/c1-6(2)8(7(3)4)9(11)12-5-10/h6-8H,5H2,1-4H3. The Morgan fingerprint density at radius 3 is 1.92 bits per heavy atom. The fourth-order valence-corrected chi connectivity index (χ4v) is 1.57. The number of hydrogen-bond donors (Lipinski definition) is 0. The molecule has 0 aromatic rings. The van der Waals surface area contributed by atoms with Crippen LogP contribution in [-0.2, 0) is 9.53 Å². The molecule has 0 radical (unpaired) electrons. The van der Waals surface area contributed by atoms with Crippen molar-refractivity contribution < 1.29 is 9.53 Å². The van der Waals surface area contributed by atoms with E-state index in [0.29, 0.717) is 11.8 Å². The van der Waals surface area contributed by atoms with Crippen molar-refractivity contribution in [3.05, 3.63) is 0 Å². The molecule has 0 bridgehead atoms. The number of rotatable bonds is 4. The maximum absolute atomic E-state index is 11.3. The molecule has 0 aliphatic heterocycles. The lowest BCUT2D eigenvalue weighted by Crippen LogP contribution is -2.27. The van der Waals surface area contributed by atoms with Gasteiger partial charge < -0.3 is 4.74 Å². The van der Waals surface area contributed by atoms with Crippen LogP contribution in [0, 0.1) is 17.8 Å². The van der Waals surface area contributed by atoms with Gasteiger partial charge in [0.2, 0.25) is 0 Å². The van der Waals surface area contributed by atoms with Gasteiger partial charge in [-0.2, -0.15) is 0 Å². The summed E-state index contributed by atoms with van der Waals surface area (Å²) in [5, 5.41) is 0. The smallest absolute Gasteiger partial charge is 0.310 e. The molecule has 0 saturated carbocycles. The first-order valence-corrected chi connectivity index (χ1v) is 4.76. The fourth-order valence-electron chi connectivity index (χ4n) is 1.46. The van der Waals surface area contributed by atoms with Gasteiger partial charge in [0.05, 0.1) is 5.92 Å². The SMILES string of the molecule is CC(C)C(C(=O)OCCl)C(C)C. The van der Waals surface area contributed by atoms with Crippen LogP contribution in [0.1, 0.15) is 27.7 Å². The van der Waals surface area contributed by atoms with Gasteiger partial charge in [-0.15, -0.1) is 0 Å². The van der Waals surface area contributed by atoms with E-state index in [9.17, 15) is 4.79 Å². The summed E-state index contributed by atoms with van der Waals surface area (Å²) in [6.07, 6.45) is 0. The molecule has 0 atom stereocenters. The summed E-state index contributed by atoms with van der Waals surface area (Å²) >= 11 is 5.31. The number of hydrogen-bond acceptors (Lipinski definition) is 2. The van der Waals surface area contributed by atoms with Crippen LogP contribution in [0.25, 0.3) is 0 Å². The van der Waals surface area contributed by atoms with Crippen LogP contribution in [0.4, 0.5) is 0 Å². The first-order chi connectivity index (χ1) is 5.50. The zero-order valence-electron chi connectivity index (χ0n) is 8.13. The largest absolute Gasteiger partial charge is 0.449 e. The molecule has 0 unspecified atom stereocenters. The van der Waals surface area contributed by atoms with Crippen molar-refractivity contribution in [1.82, 2.24) is 0 Å². The van der Waals surface area contributed by atoms with E-state index >= 15 is 0 Å². The average Bonchev–Trinajstić information content (AvgIpc) is 1.85. The minimum atomic E-state index is -0.185. The predicted molar refractivity (Wildman–Crippen MR) is 50.0 cm³/mol. The highest BCUT2D eigenvalue weighted by Crippen LogP contribution is 2.21. The molecule has 0 aromatic carbocycles.